The van der Waals surface area contributed by atoms with E-state index in [-0.39, 0.29) is 17.9 Å². The Morgan fingerprint density at radius 3 is 3.04 bits per heavy atom. The van der Waals surface area contributed by atoms with E-state index in [1.165, 1.54) is 0 Å². The molecule has 3 fully saturated rings. The molecule has 136 valence electrons. The zero-order valence-electron chi connectivity index (χ0n) is 14.9. The van der Waals surface area contributed by atoms with Crippen molar-refractivity contribution >= 4 is 5.91 Å². The van der Waals surface area contributed by atoms with Gasteiger partial charge in [0.1, 0.15) is 0 Å². The summed E-state index contributed by atoms with van der Waals surface area (Å²) in [6.07, 6.45) is 4.06. The second kappa shape index (κ2) is 7.40. The number of carbonyl (C=O) groups excluding carboxylic acids is 1. The highest BCUT2D eigenvalue weighted by Gasteiger charge is 2.43. The molecule has 3 aliphatic heterocycles. The number of hydroxylamine groups is 2. The van der Waals surface area contributed by atoms with Crippen LogP contribution in [0.25, 0.3) is 0 Å². The van der Waals surface area contributed by atoms with Crippen LogP contribution in [0.1, 0.15) is 37.1 Å². The molecule has 0 saturated carbocycles. The monoisotopic (exact) mass is 345 g/mol. The lowest BCUT2D eigenvalue weighted by atomic mass is 9.89. The van der Waals surface area contributed by atoms with E-state index in [1.54, 1.807) is 5.06 Å². The van der Waals surface area contributed by atoms with Crippen LogP contribution < -0.4 is 0 Å². The summed E-state index contributed by atoms with van der Waals surface area (Å²) in [4.78, 5) is 25.5. The fourth-order valence-electron chi connectivity index (χ4n) is 4.28. The molecule has 6 nitrogen and oxygen atoms in total. The topological polar surface area (TPSA) is 54.9 Å². The van der Waals surface area contributed by atoms with Gasteiger partial charge in [-0.2, -0.15) is 0 Å². The van der Waals surface area contributed by atoms with Crippen LogP contribution in [-0.2, 0) is 20.9 Å². The number of amides is 1. The van der Waals surface area contributed by atoms with Crippen molar-refractivity contribution in [1.82, 2.24) is 14.9 Å². The Labute approximate surface area is 149 Å². The van der Waals surface area contributed by atoms with Gasteiger partial charge < -0.3 is 4.74 Å². The van der Waals surface area contributed by atoms with Crippen molar-refractivity contribution in [2.24, 2.45) is 5.92 Å². The Hall–Kier alpha value is -1.50. The predicted octanol–water partition coefficient (Wildman–Crippen LogP) is 1.92. The molecule has 25 heavy (non-hydrogen) atoms. The Morgan fingerprint density at radius 2 is 2.24 bits per heavy atom. The minimum absolute atomic E-state index is 0.0535. The molecule has 0 aromatic carbocycles. The van der Waals surface area contributed by atoms with E-state index in [2.05, 4.69) is 22.0 Å². The van der Waals surface area contributed by atoms with E-state index in [0.717, 1.165) is 56.8 Å². The van der Waals surface area contributed by atoms with E-state index in [0.29, 0.717) is 19.2 Å². The molecule has 1 aromatic heterocycles. The van der Waals surface area contributed by atoms with Crippen molar-refractivity contribution in [1.29, 1.82) is 0 Å². The van der Waals surface area contributed by atoms with Crippen LogP contribution >= 0.6 is 0 Å². The third-order valence-corrected chi connectivity index (χ3v) is 5.52. The Balaban J connectivity index is 1.48. The van der Waals surface area contributed by atoms with E-state index in [9.17, 15) is 4.79 Å². The van der Waals surface area contributed by atoms with E-state index >= 15 is 0 Å². The smallest absolute Gasteiger partial charge is 0.250 e. The molecule has 1 amide bonds. The Bertz CT molecular complexity index is 618. The number of hydrogen-bond donors (Lipinski definition) is 0. The van der Waals surface area contributed by atoms with Gasteiger partial charge in [-0.05, 0) is 44.7 Å². The molecule has 0 spiro atoms. The van der Waals surface area contributed by atoms with Gasteiger partial charge in [0, 0.05) is 38.0 Å². The number of aromatic nitrogens is 1. The third-order valence-electron chi connectivity index (χ3n) is 5.52. The first-order valence-electron chi connectivity index (χ1n) is 9.43. The average molecular weight is 345 g/mol. The number of rotatable bonds is 3. The number of carbonyl (C=O) groups is 1. The molecule has 0 unspecified atom stereocenters. The molecular formula is C19H27N3O3. The van der Waals surface area contributed by atoms with Gasteiger partial charge in [-0.25, -0.2) is 5.06 Å². The van der Waals surface area contributed by atoms with Crippen molar-refractivity contribution < 1.29 is 14.4 Å². The van der Waals surface area contributed by atoms with Crippen LogP contribution in [-0.4, -0.2) is 59.3 Å². The summed E-state index contributed by atoms with van der Waals surface area (Å²) in [7, 11) is 0. The van der Waals surface area contributed by atoms with Gasteiger partial charge in [-0.3, -0.25) is 19.5 Å². The van der Waals surface area contributed by atoms with Crippen molar-refractivity contribution in [3.63, 3.8) is 0 Å². The lowest BCUT2D eigenvalue weighted by Crippen LogP contribution is -2.53. The van der Waals surface area contributed by atoms with Crippen molar-refractivity contribution in [3.05, 3.63) is 29.6 Å². The third kappa shape index (κ3) is 3.71. The molecule has 4 heterocycles. The van der Waals surface area contributed by atoms with Crippen LogP contribution in [0.15, 0.2) is 18.2 Å². The fraction of sp³-hybridized carbons (Fsp3) is 0.684. The number of fused-ring (bicyclic) bond motifs is 1. The highest BCUT2D eigenvalue weighted by molar-refractivity contribution is 5.78. The van der Waals surface area contributed by atoms with Crippen molar-refractivity contribution in [2.45, 2.75) is 51.3 Å². The van der Waals surface area contributed by atoms with E-state index in [1.807, 2.05) is 13.0 Å². The molecular weight excluding hydrogens is 318 g/mol. The fourth-order valence-corrected chi connectivity index (χ4v) is 4.28. The number of piperidine rings is 1. The number of likely N-dealkylation sites (tertiary alicyclic amines) is 1. The maximum Gasteiger partial charge on any atom is 0.250 e. The average Bonchev–Trinajstić information content (AvgIpc) is 3.11. The molecule has 0 radical (unpaired) electrons. The molecule has 0 N–H and O–H groups in total. The lowest BCUT2D eigenvalue weighted by Gasteiger charge is -2.41. The largest absolute Gasteiger partial charge is 0.377 e. The summed E-state index contributed by atoms with van der Waals surface area (Å²) in [6.45, 7) is 5.70. The van der Waals surface area contributed by atoms with E-state index in [4.69, 9.17) is 9.57 Å². The summed E-state index contributed by atoms with van der Waals surface area (Å²) in [5, 5.41) is 1.59. The van der Waals surface area contributed by atoms with Gasteiger partial charge >= 0.3 is 0 Å². The first-order valence-corrected chi connectivity index (χ1v) is 9.43. The van der Waals surface area contributed by atoms with Gasteiger partial charge in [0.25, 0.3) is 5.91 Å². The van der Waals surface area contributed by atoms with Gasteiger partial charge in [0.05, 0.1) is 24.3 Å². The maximum absolute atomic E-state index is 12.9. The first kappa shape index (κ1) is 16.9. The molecule has 6 heteroatoms. The second-order valence-electron chi connectivity index (χ2n) is 7.38. The summed E-state index contributed by atoms with van der Waals surface area (Å²) >= 11 is 0. The van der Waals surface area contributed by atoms with Gasteiger partial charge in [-0.15, -0.1) is 0 Å². The minimum Gasteiger partial charge on any atom is -0.377 e. The molecule has 3 aliphatic rings. The standard InChI is InChI=1S/C19H27N3O3/c1-14-5-4-6-16(20-14)13-21-12-15(11-18-17(21)7-10-24-18)19(23)22-8-2-3-9-25-22/h4-6,15,17-18H,2-3,7-13H2,1H3/t15-,17-,18-/m1/s1. The number of hydrogen-bond acceptors (Lipinski definition) is 5. The van der Waals surface area contributed by atoms with Crippen molar-refractivity contribution in [3.8, 4) is 0 Å². The molecule has 3 atom stereocenters. The zero-order valence-corrected chi connectivity index (χ0v) is 14.9. The highest BCUT2D eigenvalue weighted by atomic mass is 16.7. The SMILES string of the molecule is Cc1cccc(CN2C[C@H](C(=O)N3CCCCO3)C[C@H]3OCC[C@H]32)n1. The van der Waals surface area contributed by atoms with Crippen LogP contribution in [0.5, 0.6) is 0 Å². The molecule has 1 aromatic rings. The zero-order chi connectivity index (χ0) is 17.2. The van der Waals surface area contributed by atoms with Gasteiger partial charge in [-0.1, -0.05) is 6.07 Å². The quantitative estimate of drug-likeness (QED) is 0.838. The second-order valence-corrected chi connectivity index (χ2v) is 7.38. The number of aryl methyl sites for hydroxylation is 1. The summed E-state index contributed by atoms with van der Waals surface area (Å²) < 4.78 is 5.94. The minimum atomic E-state index is -0.0535. The number of nitrogens with zero attached hydrogens (tertiary/aromatic N) is 3. The predicted molar refractivity (Wildman–Crippen MR) is 92.5 cm³/mol. The number of ether oxygens (including phenoxy) is 1. The molecule has 0 bridgehead atoms. The Morgan fingerprint density at radius 1 is 1.32 bits per heavy atom. The highest BCUT2D eigenvalue weighted by Crippen LogP contribution is 2.33. The van der Waals surface area contributed by atoms with E-state index < -0.39 is 0 Å². The Kier molecular flexibility index (Phi) is 5.01. The van der Waals surface area contributed by atoms with Gasteiger partial charge in [0.15, 0.2) is 0 Å². The molecule has 0 aliphatic carbocycles. The number of pyridine rings is 1. The van der Waals surface area contributed by atoms with Crippen molar-refractivity contribution in [2.75, 3.05) is 26.3 Å². The summed E-state index contributed by atoms with van der Waals surface area (Å²) in [6, 6.07) is 6.53. The molecule has 3 saturated heterocycles. The summed E-state index contributed by atoms with van der Waals surface area (Å²) in [5.41, 5.74) is 2.09. The molecule has 4 rings (SSSR count). The maximum atomic E-state index is 12.9. The van der Waals surface area contributed by atoms with Gasteiger partial charge in [0.2, 0.25) is 0 Å². The summed E-state index contributed by atoms with van der Waals surface area (Å²) in [5.74, 6) is 0.0677. The first-order chi connectivity index (χ1) is 12.2. The van der Waals surface area contributed by atoms with Crippen LogP contribution in [0, 0.1) is 12.8 Å². The normalized spacial score (nSPS) is 30.3. The lowest BCUT2D eigenvalue weighted by molar-refractivity contribution is -0.204. The van der Waals surface area contributed by atoms with Crippen LogP contribution in [0.3, 0.4) is 0 Å². The van der Waals surface area contributed by atoms with Crippen LogP contribution in [0.4, 0.5) is 0 Å². The van der Waals surface area contributed by atoms with Crippen LogP contribution in [0.2, 0.25) is 0 Å².